The SMILES string of the molecule is CCOc1ccc(N(CC(=O)NCc2ccccc2)S(=O)(=O)c2ccc(OC)c(OC)c2)cc1. The molecule has 9 heteroatoms. The van der Waals surface area contributed by atoms with Crippen molar-refractivity contribution in [3.63, 3.8) is 0 Å². The number of nitrogens with zero attached hydrogens (tertiary/aromatic N) is 1. The quantitative estimate of drug-likeness (QED) is 0.447. The topological polar surface area (TPSA) is 94.2 Å². The molecule has 1 N–H and O–H groups in total. The molecule has 0 saturated heterocycles. The van der Waals surface area contributed by atoms with Gasteiger partial charge < -0.3 is 19.5 Å². The van der Waals surface area contributed by atoms with Crippen molar-refractivity contribution in [3.05, 3.63) is 78.4 Å². The molecule has 0 aromatic heterocycles. The van der Waals surface area contributed by atoms with Crippen molar-refractivity contribution >= 4 is 21.6 Å². The lowest BCUT2D eigenvalue weighted by atomic mass is 10.2. The molecular formula is C25H28N2O6S. The Hall–Kier alpha value is -3.72. The maximum Gasteiger partial charge on any atom is 0.264 e. The van der Waals surface area contributed by atoms with Crippen LogP contribution >= 0.6 is 0 Å². The molecular weight excluding hydrogens is 456 g/mol. The van der Waals surface area contributed by atoms with E-state index >= 15 is 0 Å². The number of nitrogens with one attached hydrogen (secondary N) is 1. The fraction of sp³-hybridized carbons (Fsp3) is 0.240. The second kappa shape index (κ2) is 11.4. The van der Waals surface area contributed by atoms with Crippen molar-refractivity contribution in [2.45, 2.75) is 18.4 Å². The molecule has 0 spiro atoms. The van der Waals surface area contributed by atoms with E-state index < -0.39 is 22.5 Å². The van der Waals surface area contributed by atoms with E-state index in [1.165, 1.54) is 32.4 Å². The van der Waals surface area contributed by atoms with Gasteiger partial charge in [0.15, 0.2) is 11.5 Å². The Morgan fingerprint density at radius 3 is 2.21 bits per heavy atom. The van der Waals surface area contributed by atoms with Gasteiger partial charge in [0.05, 0.1) is 31.4 Å². The van der Waals surface area contributed by atoms with Gasteiger partial charge in [0, 0.05) is 12.6 Å². The summed E-state index contributed by atoms with van der Waals surface area (Å²) >= 11 is 0. The highest BCUT2D eigenvalue weighted by Crippen LogP contribution is 2.32. The normalized spacial score (nSPS) is 10.9. The van der Waals surface area contributed by atoms with Gasteiger partial charge in [-0.05, 0) is 48.9 Å². The average Bonchev–Trinajstić information content (AvgIpc) is 2.87. The number of hydrogen-bond acceptors (Lipinski definition) is 6. The molecule has 0 aliphatic heterocycles. The standard InChI is InChI=1S/C25H28N2O6S/c1-4-33-21-12-10-20(11-13-21)27(18-25(28)26-17-19-8-6-5-7-9-19)34(29,30)22-14-15-23(31-2)24(16-22)32-3/h5-16H,4,17-18H2,1-3H3,(H,26,28). The number of rotatable bonds is 11. The second-order valence-electron chi connectivity index (χ2n) is 7.22. The van der Waals surface area contributed by atoms with Crippen LogP contribution in [0.3, 0.4) is 0 Å². The second-order valence-corrected chi connectivity index (χ2v) is 9.08. The molecule has 0 aliphatic rings. The van der Waals surface area contributed by atoms with Gasteiger partial charge in [0.25, 0.3) is 10.0 Å². The van der Waals surface area contributed by atoms with E-state index in [0.29, 0.717) is 23.8 Å². The Bertz CT molecular complexity index is 1200. The number of amides is 1. The predicted octanol–water partition coefficient (Wildman–Crippen LogP) is 3.61. The molecule has 0 heterocycles. The molecule has 180 valence electrons. The van der Waals surface area contributed by atoms with Gasteiger partial charge in [-0.2, -0.15) is 0 Å². The molecule has 0 fully saturated rings. The zero-order chi connectivity index (χ0) is 24.6. The van der Waals surface area contributed by atoms with Gasteiger partial charge in [0.1, 0.15) is 12.3 Å². The van der Waals surface area contributed by atoms with Gasteiger partial charge in [-0.15, -0.1) is 0 Å². The molecule has 3 aromatic rings. The number of ether oxygens (including phenoxy) is 3. The van der Waals surface area contributed by atoms with Crippen LogP contribution in [0, 0.1) is 0 Å². The summed E-state index contributed by atoms with van der Waals surface area (Å²) in [6.45, 7) is 2.22. The summed E-state index contributed by atoms with van der Waals surface area (Å²) in [6, 6.07) is 20.2. The van der Waals surface area contributed by atoms with Crippen LogP contribution in [0.15, 0.2) is 77.7 Å². The highest BCUT2D eigenvalue weighted by atomic mass is 32.2. The van der Waals surface area contributed by atoms with Crippen LogP contribution in [0.1, 0.15) is 12.5 Å². The van der Waals surface area contributed by atoms with E-state index in [1.54, 1.807) is 24.3 Å². The smallest absolute Gasteiger partial charge is 0.264 e. The number of benzene rings is 3. The van der Waals surface area contributed by atoms with Gasteiger partial charge in [0.2, 0.25) is 5.91 Å². The van der Waals surface area contributed by atoms with E-state index in [0.717, 1.165) is 9.87 Å². The summed E-state index contributed by atoms with van der Waals surface area (Å²) in [7, 11) is -1.23. The molecule has 0 aliphatic carbocycles. The van der Waals surface area contributed by atoms with Crippen molar-refractivity contribution in [1.82, 2.24) is 5.32 Å². The maximum atomic E-state index is 13.6. The largest absolute Gasteiger partial charge is 0.494 e. The minimum atomic E-state index is -4.12. The summed E-state index contributed by atoms with van der Waals surface area (Å²) < 4.78 is 44.3. The molecule has 34 heavy (non-hydrogen) atoms. The van der Waals surface area contributed by atoms with Gasteiger partial charge in [-0.1, -0.05) is 30.3 Å². The summed E-state index contributed by atoms with van der Waals surface area (Å²) in [6.07, 6.45) is 0. The molecule has 3 rings (SSSR count). The number of carbonyl (C=O) groups excluding carboxylic acids is 1. The number of methoxy groups -OCH3 is 2. The zero-order valence-corrected chi connectivity index (χ0v) is 20.2. The molecule has 0 radical (unpaired) electrons. The maximum absolute atomic E-state index is 13.6. The van der Waals surface area contributed by atoms with E-state index in [4.69, 9.17) is 14.2 Å². The molecule has 0 saturated carbocycles. The molecule has 0 unspecified atom stereocenters. The third-order valence-corrected chi connectivity index (χ3v) is 6.77. The first-order valence-electron chi connectivity index (χ1n) is 10.7. The van der Waals surface area contributed by atoms with Crippen molar-refractivity contribution in [2.75, 3.05) is 31.7 Å². The van der Waals surface area contributed by atoms with Crippen LogP contribution < -0.4 is 23.8 Å². The van der Waals surface area contributed by atoms with Gasteiger partial charge >= 0.3 is 0 Å². The summed E-state index contributed by atoms with van der Waals surface area (Å²) in [4.78, 5) is 12.8. The first-order valence-corrected chi connectivity index (χ1v) is 12.1. The van der Waals surface area contributed by atoms with Gasteiger partial charge in [-0.25, -0.2) is 8.42 Å². The number of sulfonamides is 1. The monoisotopic (exact) mass is 484 g/mol. The van der Waals surface area contributed by atoms with Crippen LogP contribution in [0.4, 0.5) is 5.69 Å². The predicted molar refractivity (Wildman–Crippen MR) is 130 cm³/mol. The summed E-state index contributed by atoms with van der Waals surface area (Å²) in [5, 5.41) is 2.78. The third kappa shape index (κ3) is 5.99. The highest BCUT2D eigenvalue weighted by Gasteiger charge is 2.28. The van der Waals surface area contributed by atoms with E-state index in [9.17, 15) is 13.2 Å². The van der Waals surface area contributed by atoms with E-state index in [2.05, 4.69) is 5.32 Å². The van der Waals surface area contributed by atoms with Crippen molar-refractivity contribution in [2.24, 2.45) is 0 Å². The van der Waals surface area contributed by atoms with Crippen LogP contribution in [0.2, 0.25) is 0 Å². The average molecular weight is 485 g/mol. The lowest BCUT2D eigenvalue weighted by Crippen LogP contribution is -2.40. The van der Waals surface area contributed by atoms with Crippen LogP contribution in [0.25, 0.3) is 0 Å². The first-order chi connectivity index (χ1) is 16.4. The van der Waals surface area contributed by atoms with Crippen molar-refractivity contribution in [3.8, 4) is 17.2 Å². The number of anilines is 1. The van der Waals surface area contributed by atoms with Crippen LogP contribution in [-0.4, -0.2) is 41.7 Å². The van der Waals surface area contributed by atoms with E-state index in [-0.39, 0.29) is 17.2 Å². The Balaban J connectivity index is 1.92. The van der Waals surface area contributed by atoms with Crippen molar-refractivity contribution in [1.29, 1.82) is 0 Å². The minimum absolute atomic E-state index is 0.0325. The zero-order valence-electron chi connectivity index (χ0n) is 19.4. The Morgan fingerprint density at radius 1 is 0.912 bits per heavy atom. The molecule has 0 atom stereocenters. The molecule has 3 aromatic carbocycles. The van der Waals surface area contributed by atoms with Crippen LogP contribution in [0.5, 0.6) is 17.2 Å². The minimum Gasteiger partial charge on any atom is -0.494 e. The Kier molecular flexibility index (Phi) is 8.37. The summed E-state index contributed by atoms with van der Waals surface area (Å²) in [5.41, 5.74) is 1.24. The fourth-order valence-electron chi connectivity index (χ4n) is 3.28. The van der Waals surface area contributed by atoms with Crippen molar-refractivity contribution < 1.29 is 27.4 Å². The fourth-order valence-corrected chi connectivity index (χ4v) is 4.71. The number of carbonyl (C=O) groups is 1. The Morgan fingerprint density at radius 2 is 1.59 bits per heavy atom. The third-order valence-electron chi connectivity index (χ3n) is 5.00. The highest BCUT2D eigenvalue weighted by molar-refractivity contribution is 7.92. The lowest BCUT2D eigenvalue weighted by Gasteiger charge is -2.24. The van der Waals surface area contributed by atoms with Crippen LogP contribution in [-0.2, 0) is 21.4 Å². The summed E-state index contributed by atoms with van der Waals surface area (Å²) in [5.74, 6) is 0.823. The van der Waals surface area contributed by atoms with E-state index in [1.807, 2.05) is 37.3 Å². The molecule has 8 nitrogen and oxygen atoms in total. The number of hydrogen-bond donors (Lipinski definition) is 1. The Labute approximate surface area is 200 Å². The lowest BCUT2D eigenvalue weighted by molar-refractivity contribution is -0.119. The van der Waals surface area contributed by atoms with Gasteiger partial charge in [-0.3, -0.25) is 9.10 Å². The molecule has 0 bridgehead atoms. The molecule has 1 amide bonds. The first kappa shape index (κ1) is 24.9.